The van der Waals surface area contributed by atoms with E-state index in [1.165, 1.54) is 0 Å². The van der Waals surface area contributed by atoms with E-state index < -0.39 is 0 Å². The molecule has 2 aromatic heterocycles. The Labute approximate surface area is 104 Å². The Morgan fingerprint density at radius 1 is 1.50 bits per heavy atom. The summed E-state index contributed by atoms with van der Waals surface area (Å²) < 4.78 is 0. The Morgan fingerprint density at radius 2 is 2.38 bits per heavy atom. The van der Waals surface area contributed by atoms with Crippen molar-refractivity contribution in [1.82, 2.24) is 15.3 Å². The lowest BCUT2D eigenvalue weighted by Crippen LogP contribution is -2.22. The number of thiophene rings is 1. The topological polar surface area (TPSA) is 37.8 Å². The zero-order valence-corrected chi connectivity index (χ0v) is 10.4. The lowest BCUT2D eigenvalue weighted by atomic mass is 10.2. The summed E-state index contributed by atoms with van der Waals surface area (Å²) in [6.07, 6.45) is 5.13. The number of halogens is 1. The van der Waals surface area contributed by atoms with Crippen LogP contribution >= 0.6 is 22.9 Å². The van der Waals surface area contributed by atoms with Crippen LogP contribution in [0.4, 0.5) is 0 Å². The number of nitrogens with one attached hydrogen (secondary N) is 1. The second-order valence-electron chi connectivity index (χ2n) is 3.25. The molecule has 16 heavy (non-hydrogen) atoms. The van der Waals surface area contributed by atoms with E-state index in [4.69, 9.17) is 11.6 Å². The average molecular weight is 254 g/mol. The minimum atomic E-state index is 0.0335. The molecule has 0 aromatic carbocycles. The number of rotatable bonds is 4. The van der Waals surface area contributed by atoms with E-state index in [9.17, 15) is 0 Å². The molecule has 84 valence electrons. The number of hydrogen-bond donors (Lipinski definition) is 1. The molecule has 0 radical (unpaired) electrons. The Kier molecular flexibility index (Phi) is 3.88. The fourth-order valence-electron chi connectivity index (χ4n) is 1.51. The summed E-state index contributed by atoms with van der Waals surface area (Å²) in [5, 5.41) is 6.13. The molecule has 0 saturated carbocycles. The van der Waals surface area contributed by atoms with Gasteiger partial charge in [0.15, 0.2) is 0 Å². The Balaban J connectivity index is 2.35. The van der Waals surface area contributed by atoms with E-state index in [0.29, 0.717) is 0 Å². The molecule has 0 aliphatic carbocycles. The van der Waals surface area contributed by atoms with E-state index in [-0.39, 0.29) is 6.04 Å². The van der Waals surface area contributed by atoms with Crippen molar-refractivity contribution in [2.45, 2.75) is 13.0 Å². The summed E-state index contributed by atoms with van der Waals surface area (Å²) in [5.41, 5.74) is 0.897. The van der Waals surface area contributed by atoms with Crippen molar-refractivity contribution in [2.75, 3.05) is 6.54 Å². The third-order valence-corrected chi connectivity index (χ3v) is 3.62. The summed E-state index contributed by atoms with van der Waals surface area (Å²) in [7, 11) is 0. The molecule has 0 fully saturated rings. The van der Waals surface area contributed by atoms with Crippen LogP contribution in [0.5, 0.6) is 0 Å². The van der Waals surface area contributed by atoms with E-state index in [2.05, 4.69) is 22.2 Å². The minimum Gasteiger partial charge on any atom is -0.304 e. The molecule has 0 aliphatic rings. The van der Waals surface area contributed by atoms with Crippen molar-refractivity contribution in [3.63, 3.8) is 0 Å². The Bertz CT molecular complexity index is 444. The fourth-order valence-corrected chi connectivity index (χ4v) is 2.76. The maximum absolute atomic E-state index is 6.14. The van der Waals surface area contributed by atoms with Gasteiger partial charge in [-0.3, -0.25) is 9.97 Å². The van der Waals surface area contributed by atoms with Gasteiger partial charge in [-0.15, -0.1) is 11.3 Å². The molecule has 1 atom stereocenters. The summed E-state index contributed by atoms with van der Waals surface area (Å²) in [4.78, 5) is 9.49. The highest BCUT2D eigenvalue weighted by Gasteiger charge is 2.18. The predicted molar refractivity (Wildman–Crippen MR) is 66.9 cm³/mol. The molecule has 0 spiro atoms. The molecule has 2 heterocycles. The van der Waals surface area contributed by atoms with Crippen LogP contribution < -0.4 is 5.32 Å². The van der Waals surface area contributed by atoms with E-state index >= 15 is 0 Å². The SMILES string of the molecule is CCNC(c1cnccn1)c1sccc1Cl. The smallest absolute Gasteiger partial charge is 0.0875 e. The molecular weight excluding hydrogens is 242 g/mol. The molecule has 5 heteroatoms. The van der Waals surface area contributed by atoms with E-state index in [1.54, 1.807) is 29.9 Å². The van der Waals surface area contributed by atoms with Gasteiger partial charge in [0.2, 0.25) is 0 Å². The van der Waals surface area contributed by atoms with Gasteiger partial charge in [0, 0.05) is 17.3 Å². The van der Waals surface area contributed by atoms with Gasteiger partial charge >= 0.3 is 0 Å². The molecule has 2 aromatic rings. The molecule has 0 bridgehead atoms. The summed E-state index contributed by atoms with van der Waals surface area (Å²) in [6.45, 7) is 2.92. The van der Waals surface area contributed by atoms with Crippen molar-refractivity contribution in [2.24, 2.45) is 0 Å². The van der Waals surface area contributed by atoms with Gasteiger partial charge in [0.1, 0.15) is 0 Å². The molecule has 0 saturated heterocycles. The molecule has 1 N–H and O–H groups in total. The summed E-state index contributed by atoms with van der Waals surface area (Å²) in [6, 6.07) is 1.94. The molecule has 1 unspecified atom stereocenters. The second-order valence-corrected chi connectivity index (χ2v) is 4.61. The fraction of sp³-hybridized carbons (Fsp3) is 0.273. The van der Waals surface area contributed by atoms with Gasteiger partial charge in [-0.1, -0.05) is 18.5 Å². The maximum Gasteiger partial charge on any atom is 0.0875 e. The van der Waals surface area contributed by atoms with Crippen molar-refractivity contribution in [1.29, 1.82) is 0 Å². The van der Waals surface area contributed by atoms with Crippen molar-refractivity contribution >= 4 is 22.9 Å². The number of nitrogens with zero attached hydrogens (tertiary/aromatic N) is 2. The lowest BCUT2D eigenvalue weighted by Gasteiger charge is -2.15. The zero-order valence-electron chi connectivity index (χ0n) is 8.85. The third kappa shape index (κ3) is 2.40. The Hall–Kier alpha value is -0.970. The van der Waals surface area contributed by atoms with Crippen LogP contribution in [0.2, 0.25) is 5.02 Å². The van der Waals surface area contributed by atoms with Gasteiger partial charge in [0.25, 0.3) is 0 Å². The molecule has 2 rings (SSSR count). The quantitative estimate of drug-likeness (QED) is 0.911. The van der Waals surface area contributed by atoms with Gasteiger partial charge in [-0.25, -0.2) is 0 Å². The maximum atomic E-state index is 6.14. The highest BCUT2D eigenvalue weighted by molar-refractivity contribution is 7.10. The van der Waals surface area contributed by atoms with Crippen molar-refractivity contribution in [3.05, 3.63) is 45.6 Å². The molecule has 0 aliphatic heterocycles. The number of hydrogen-bond acceptors (Lipinski definition) is 4. The zero-order chi connectivity index (χ0) is 11.4. The van der Waals surface area contributed by atoms with Crippen LogP contribution in [0.25, 0.3) is 0 Å². The monoisotopic (exact) mass is 253 g/mol. The van der Waals surface area contributed by atoms with Crippen LogP contribution in [0.1, 0.15) is 23.5 Å². The van der Waals surface area contributed by atoms with Crippen LogP contribution in [-0.4, -0.2) is 16.5 Å². The van der Waals surface area contributed by atoms with Crippen LogP contribution in [0.3, 0.4) is 0 Å². The van der Waals surface area contributed by atoms with E-state index in [1.807, 2.05) is 11.4 Å². The van der Waals surface area contributed by atoms with E-state index in [0.717, 1.165) is 22.1 Å². The van der Waals surface area contributed by atoms with Crippen LogP contribution in [-0.2, 0) is 0 Å². The summed E-state index contributed by atoms with van der Waals surface area (Å²) >= 11 is 7.77. The van der Waals surface area contributed by atoms with Crippen LogP contribution in [0, 0.1) is 0 Å². The standard InChI is InChI=1S/C11H12ClN3S/c1-2-14-10(9-7-13-4-5-15-9)11-8(12)3-6-16-11/h3-7,10,14H,2H2,1H3. The first-order valence-corrected chi connectivity index (χ1v) is 6.31. The average Bonchev–Trinajstić information content (AvgIpc) is 2.73. The lowest BCUT2D eigenvalue weighted by molar-refractivity contribution is 0.621. The van der Waals surface area contributed by atoms with Crippen molar-refractivity contribution < 1.29 is 0 Å². The summed E-state index contributed by atoms with van der Waals surface area (Å²) in [5.74, 6) is 0. The second kappa shape index (κ2) is 5.39. The molecule has 0 amide bonds. The molecular formula is C11H12ClN3S. The van der Waals surface area contributed by atoms with Gasteiger partial charge in [0.05, 0.1) is 23.0 Å². The van der Waals surface area contributed by atoms with Crippen LogP contribution in [0.15, 0.2) is 30.0 Å². The third-order valence-electron chi connectivity index (χ3n) is 2.19. The largest absolute Gasteiger partial charge is 0.304 e. The minimum absolute atomic E-state index is 0.0335. The molecule has 3 nitrogen and oxygen atoms in total. The normalized spacial score (nSPS) is 12.6. The predicted octanol–water partition coefficient (Wildman–Crippen LogP) is 2.89. The highest BCUT2D eigenvalue weighted by Crippen LogP contribution is 2.31. The van der Waals surface area contributed by atoms with Gasteiger partial charge in [-0.2, -0.15) is 0 Å². The number of aromatic nitrogens is 2. The first kappa shape index (κ1) is 11.5. The highest BCUT2D eigenvalue weighted by atomic mass is 35.5. The van der Waals surface area contributed by atoms with Crippen molar-refractivity contribution in [3.8, 4) is 0 Å². The first-order valence-electron chi connectivity index (χ1n) is 5.05. The first-order chi connectivity index (χ1) is 7.83. The van der Waals surface area contributed by atoms with Gasteiger partial charge < -0.3 is 5.32 Å². The van der Waals surface area contributed by atoms with Gasteiger partial charge in [-0.05, 0) is 18.0 Å². The Morgan fingerprint density at radius 3 is 2.94 bits per heavy atom.